The number of primary amides is 1. The third-order valence-electron chi connectivity index (χ3n) is 2.63. The highest BCUT2D eigenvalue weighted by Gasteiger charge is 2.13. The number of nitrogens with zero attached hydrogens (tertiary/aromatic N) is 1. The highest BCUT2D eigenvalue weighted by atomic mass is 35.5. The molecule has 2 aromatic rings. The van der Waals surface area contributed by atoms with Gasteiger partial charge >= 0.3 is 0 Å². The van der Waals surface area contributed by atoms with E-state index in [0.717, 1.165) is 10.9 Å². The number of carbonyl (C=O) groups is 1. The lowest BCUT2D eigenvalue weighted by atomic mass is 10.1. The molecule has 0 saturated carbocycles. The van der Waals surface area contributed by atoms with E-state index in [1.165, 1.54) is 11.8 Å². The molecular weight excluding hydrogens is 282 g/mol. The highest BCUT2D eigenvalue weighted by molar-refractivity contribution is 7.99. The first-order chi connectivity index (χ1) is 8.99. The first kappa shape index (κ1) is 14.1. The van der Waals surface area contributed by atoms with E-state index in [-0.39, 0.29) is 17.7 Å². The van der Waals surface area contributed by atoms with Gasteiger partial charge in [0.05, 0.1) is 16.3 Å². The molecule has 1 atom stereocenters. The fourth-order valence-electron chi connectivity index (χ4n) is 1.74. The van der Waals surface area contributed by atoms with Crippen LogP contribution in [0.4, 0.5) is 0 Å². The van der Waals surface area contributed by atoms with Crippen molar-refractivity contribution in [3.05, 3.63) is 34.9 Å². The molecule has 0 spiro atoms. The van der Waals surface area contributed by atoms with Gasteiger partial charge in [0.1, 0.15) is 5.03 Å². The van der Waals surface area contributed by atoms with E-state index in [9.17, 15) is 4.79 Å². The molecule has 4 N–H and O–H groups in total. The van der Waals surface area contributed by atoms with E-state index in [2.05, 4.69) is 4.98 Å². The summed E-state index contributed by atoms with van der Waals surface area (Å²) >= 11 is 7.41. The Balaban J connectivity index is 2.55. The Bertz CT molecular complexity index is 631. The molecule has 0 bridgehead atoms. The average molecular weight is 296 g/mol. The summed E-state index contributed by atoms with van der Waals surface area (Å²) in [5.74, 6) is -0.218. The molecule has 0 fully saturated rings. The number of hydrogen-bond donors (Lipinski definition) is 2. The van der Waals surface area contributed by atoms with Crippen molar-refractivity contribution in [3.8, 4) is 0 Å². The van der Waals surface area contributed by atoms with E-state index in [1.807, 2.05) is 25.1 Å². The van der Waals surface area contributed by atoms with E-state index in [1.54, 1.807) is 6.07 Å². The van der Waals surface area contributed by atoms with Gasteiger partial charge in [-0.1, -0.05) is 35.5 Å². The Labute approximate surface area is 120 Å². The van der Waals surface area contributed by atoms with Gasteiger partial charge in [-0.15, -0.1) is 0 Å². The lowest BCUT2D eigenvalue weighted by Crippen LogP contribution is -2.14. The van der Waals surface area contributed by atoms with Crippen LogP contribution < -0.4 is 11.5 Å². The smallest absolute Gasteiger partial charge is 0.227 e. The highest BCUT2D eigenvalue weighted by Crippen LogP contribution is 2.30. The normalized spacial score (nSPS) is 12.6. The number of pyridine rings is 1. The number of benzene rings is 1. The van der Waals surface area contributed by atoms with Crippen molar-refractivity contribution in [3.63, 3.8) is 0 Å². The second-order valence-corrected chi connectivity index (χ2v) is 5.61. The monoisotopic (exact) mass is 295 g/mol. The van der Waals surface area contributed by atoms with Gasteiger partial charge in [0.15, 0.2) is 0 Å². The van der Waals surface area contributed by atoms with E-state index in [0.29, 0.717) is 15.6 Å². The topological polar surface area (TPSA) is 82.0 Å². The molecule has 0 unspecified atom stereocenters. The van der Waals surface area contributed by atoms with Crippen LogP contribution in [0.15, 0.2) is 29.3 Å². The van der Waals surface area contributed by atoms with Gasteiger partial charge in [-0.3, -0.25) is 4.79 Å². The molecule has 6 heteroatoms. The van der Waals surface area contributed by atoms with Crippen molar-refractivity contribution in [1.82, 2.24) is 4.98 Å². The molecule has 0 saturated heterocycles. The molecule has 19 heavy (non-hydrogen) atoms. The van der Waals surface area contributed by atoms with Crippen LogP contribution in [0.5, 0.6) is 0 Å². The average Bonchev–Trinajstić information content (AvgIpc) is 2.36. The van der Waals surface area contributed by atoms with Gasteiger partial charge in [-0.25, -0.2) is 4.98 Å². The Kier molecular flexibility index (Phi) is 4.29. The lowest BCUT2D eigenvalue weighted by molar-refractivity contribution is -0.115. The number of fused-ring (bicyclic) bond motifs is 1. The number of thioether (sulfide) groups is 1. The standard InChI is InChI=1S/C13H14ClN3OS/c1-7(15)9-5-8-3-2-4-10(14)12(8)17-13(9)19-6-11(16)18/h2-5,7H,6,15H2,1H3,(H2,16,18)/t7-/m0/s1. The molecule has 1 amide bonds. The molecule has 1 aromatic heterocycles. The summed E-state index contributed by atoms with van der Waals surface area (Å²) in [5.41, 5.74) is 12.7. The Hall–Kier alpha value is -1.30. The predicted molar refractivity (Wildman–Crippen MR) is 79.3 cm³/mol. The second-order valence-electron chi connectivity index (χ2n) is 4.24. The van der Waals surface area contributed by atoms with Crippen molar-refractivity contribution >= 4 is 40.2 Å². The van der Waals surface area contributed by atoms with Gasteiger partial charge in [0.25, 0.3) is 0 Å². The Morgan fingerprint density at radius 2 is 2.26 bits per heavy atom. The second kappa shape index (κ2) is 5.77. The number of amides is 1. The molecule has 4 nitrogen and oxygen atoms in total. The minimum absolute atomic E-state index is 0.169. The maximum absolute atomic E-state index is 10.9. The number of aromatic nitrogens is 1. The maximum atomic E-state index is 10.9. The fourth-order valence-corrected chi connectivity index (χ4v) is 2.81. The number of rotatable bonds is 4. The van der Waals surface area contributed by atoms with Crippen LogP contribution in [0.25, 0.3) is 10.9 Å². The van der Waals surface area contributed by atoms with Crippen molar-refractivity contribution in [1.29, 1.82) is 0 Å². The van der Waals surface area contributed by atoms with E-state index in [4.69, 9.17) is 23.1 Å². The number of para-hydroxylation sites is 1. The zero-order chi connectivity index (χ0) is 14.0. The molecule has 0 aliphatic carbocycles. The molecule has 0 aliphatic rings. The van der Waals surface area contributed by atoms with Crippen LogP contribution in [0, 0.1) is 0 Å². The third kappa shape index (κ3) is 3.18. The number of hydrogen-bond acceptors (Lipinski definition) is 4. The first-order valence-corrected chi connectivity index (χ1v) is 7.11. The fraction of sp³-hybridized carbons (Fsp3) is 0.231. The van der Waals surface area contributed by atoms with E-state index < -0.39 is 0 Å². The van der Waals surface area contributed by atoms with Crippen LogP contribution in [0.1, 0.15) is 18.5 Å². The molecule has 100 valence electrons. The summed E-state index contributed by atoms with van der Waals surface area (Å²) in [6.45, 7) is 1.88. The predicted octanol–water partition coefficient (Wildman–Crippen LogP) is 2.49. The Morgan fingerprint density at radius 3 is 2.89 bits per heavy atom. The minimum Gasteiger partial charge on any atom is -0.369 e. The summed E-state index contributed by atoms with van der Waals surface area (Å²) in [6, 6.07) is 7.37. The van der Waals surface area contributed by atoms with Gasteiger partial charge in [0, 0.05) is 17.0 Å². The van der Waals surface area contributed by atoms with Crippen molar-refractivity contribution in [2.24, 2.45) is 11.5 Å². The molecule has 0 aliphatic heterocycles. The number of nitrogens with two attached hydrogens (primary N) is 2. The van der Waals surface area contributed by atoms with Gasteiger partial charge in [0.2, 0.25) is 5.91 Å². The van der Waals surface area contributed by atoms with Crippen LogP contribution in [-0.4, -0.2) is 16.6 Å². The molecular formula is C13H14ClN3OS. The van der Waals surface area contributed by atoms with E-state index >= 15 is 0 Å². The van der Waals surface area contributed by atoms with Crippen molar-refractivity contribution in [2.45, 2.75) is 18.0 Å². The summed E-state index contributed by atoms with van der Waals surface area (Å²) in [7, 11) is 0. The van der Waals surface area contributed by atoms with Crippen LogP contribution in [-0.2, 0) is 4.79 Å². The summed E-state index contributed by atoms with van der Waals surface area (Å²) in [5, 5.41) is 2.22. The zero-order valence-corrected chi connectivity index (χ0v) is 12.0. The molecule has 0 radical (unpaired) electrons. The van der Waals surface area contributed by atoms with Crippen molar-refractivity contribution < 1.29 is 4.79 Å². The van der Waals surface area contributed by atoms with Crippen LogP contribution in [0.3, 0.4) is 0 Å². The number of halogens is 1. The minimum atomic E-state index is -0.387. The Morgan fingerprint density at radius 1 is 1.53 bits per heavy atom. The maximum Gasteiger partial charge on any atom is 0.227 e. The third-order valence-corrected chi connectivity index (χ3v) is 3.97. The van der Waals surface area contributed by atoms with Crippen LogP contribution >= 0.6 is 23.4 Å². The molecule has 1 heterocycles. The van der Waals surface area contributed by atoms with Crippen LogP contribution in [0.2, 0.25) is 5.02 Å². The summed E-state index contributed by atoms with van der Waals surface area (Å²) < 4.78 is 0. The zero-order valence-electron chi connectivity index (χ0n) is 10.4. The molecule has 2 rings (SSSR count). The van der Waals surface area contributed by atoms with Gasteiger partial charge < -0.3 is 11.5 Å². The summed E-state index contributed by atoms with van der Waals surface area (Å²) in [6.07, 6.45) is 0. The molecule has 1 aromatic carbocycles. The lowest BCUT2D eigenvalue weighted by Gasteiger charge is -2.13. The van der Waals surface area contributed by atoms with Crippen molar-refractivity contribution in [2.75, 3.05) is 5.75 Å². The SMILES string of the molecule is C[C@H](N)c1cc2cccc(Cl)c2nc1SCC(N)=O. The quantitative estimate of drug-likeness (QED) is 0.849. The summed E-state index contributed by atoms with van der Waals surface area (Å²) in [4.78, 5) is 15.4. The van der Waals surface area contributed by atoms with Gasteiger partial charge in [-0.05, 0) is 19.1 Å². The first-order valence-electron chi connectivity index (χ1n) is 5.75. The largest absolute Gasteiger partial charge is 0.369 e. The van der Waals surface area contributed by atoms with Gasteiger partial charge in [-0.2, -0.15) is 0 Å². The number of carbonyl (C=O) groups excluding carboxylic acids is 1.